The van der Waals surface area contributed by atoms with Crippen LogP contribution in [0, 0.1) is 0 Å². The Morgan fingerprint density at radius 1 is 0.221 bits per heavy atom. The van der Waals surface area contributed by atoms with Gasteiger partial charge in [-0.05, 0) is 128 Å². The van der Waals surface area contributed by atoms with E-state index < -0.39 is 10.8 Å². The highest BCUT2D eigenvalue weighted by Gasteiger charge is 2.51. The summed E-state index contributed by atoms with van der Waals surface area (Å²) in [7, 11) is 0. The minimum atomic E-state index is -0.652. The van der Waals surface area contributed by atoms with Crippen molar-refractivity contribution in [2.45, 2.75) is 44.4 Å². The number of para-hydroxylation sites is 6. The van der Waals surface area contributed by atoms with Gasteiger partial charge in [0.25, 0.3) is 0 Å². The highest BCUT2D eigenvalue weighted by Crippen LogP contribution is 2.70. The second kappa shape index (κ2) is 27.1. The summed E-state index contributed by atoms with van der Waals surface area (Å²) in [4.78, 5) is 14.0. The Bertz CT molecular complexity index is 4870. The number of nitrogens with zero attached hydrogens (tertiary/aromatic N) is 3. The first-order valence-corrected chi connectivity index (χ1v) is 39.0. The molecule has 104 heavy (non-hydrogen) atoms. The van der Waals surface area contributed by atoms with E-state index in [9.17, 15) is 0 Å². The normalized spacial score (nSPS) is 13.2. The number of rotatable bonds is 16. The second-order valence-electron chi connectivity index (χ2n) is 27.7. The van der Waals surface area contributed by atoms with Crippen molar-refractivity contribution in [3.05, 3.63) is 422 Å². The van der Waals surface area contributed by atoms with E-state index in [1.807, 2.05) is 45.3 Å². The predicted molar refractivity (Wildman–Crippen MR) is 446 cm³/mol. The zero-order valence-corrected chi connectivity index (χ0v) is 61.5. The van der Waals surface area contributed by atoms with Crippen molar-refractivity contribution < 1.29 is 0 Å². The maximum Gasteiger partial charge on any atom is 0.109 e. The van der Waals surface area contributed by atoms with Crippen LogP contribution < -0.4 is 14.7 Å². The molecule has 0 amide bonds. The van der Waals surface area contributed by atoms with Gasteiger partial charge in [-0.25, -0.2) is 0 Å². The van der Waals surface area contributed by atoms with Crippen LogP contribution >= 0.6 is 45.3 Å². The molecule has 0 unspecified atom stereocenters. The third-order valence-electron chi connectivity index (χ3n) is 20.7. The van der Waals surface area contributed by atoms with Crippen LogP contribution in [0.2, 0.25) is 0 Å². The van der Waals surface area contributed by atoms with Crippen LogP contribution in [-0.2, 0) is 10.8 Å². The second-order valence-corrected chi connectivity index (χ2v) is 31.8. The molecule has 2 aliphatic rings. The highest BCUT2D eigenvalue weighted by atomic mass is 32.1. The summed E-state index contributed by atoms with van der Waals surface area (Å²) < 4.78 is 0. The molecule has 0 spiro atoms. The summed E-state index contributed by atoms with van der Waals surface area (Å²) in [5, 5.41) is 3.49. The van der Waals surface area contributed by atoms with E-state index in [1.165, 1.54) is 113 Å². The van der Waals surface area contributed by atoms with Gasteiger partial charge < -0.3 is 14.7 Å². The van der Waals surface area contributed by atoms with Gasteiger partial charge in [0.05, 0.1) is 0 Å². The third-order valence-corrected chi connectivity index (χ3v) is 25.6. The van der Waals surface area contributed by atoms with Crippen LogP contribution in [0.5, 0.6) is 0 Å². The third kappa shape index (κ3) is 11.0. The summed E-state index contributed by atoms with van der Waals surface area (Å²) in [6.45, 7) is 10.2. The quantitative estimate of drug-likeness (QED) is 0.0955. The summed E-state index contributed by atoms with van der Waals surface area (Å²) in [5.74, 6) is -0.123. The zero-order chi connectivity index (χ0) is 69.9. The number of anilines is 9. The summed E-state index contributed by atoms with van der Waals surface area (Å²) in [6.07, 6.45) is 0. The summed E-state index contributed by atoms with van der Waals surface area (Å²) in [5.41, 5.74) is 25.2. The number of thiophene rings is 4. The Hall–Kier alpha value is -11.4. The van der Waals surface area contributed by atoms with Crippen molar-refractivity contribution in [1.82, 2.24) is 0 Å². The molecule has 3 nitrogen and oxygen atoms in total. The first-order valence-electron chi connectivity index (χ1n) is 35.7. The Morgan fingerprint density at radius 3 is 0.654 bits per heavy atom. The van der Waals surface area contributed by atoms with Crippen LogP contribution in [0.1, 0.15) is 91.4 Å². The lowest BCUT2D eigenvalue weighted by molar-refractivity contribution is 0.638. The predicted octanol–water partition coefficient (Wildman–Crippen LogP) is 28.5. The number of benzene rings is 12. The van der Waals surface area contributed by atoms with Gasteiger partial charge in [0.15, 0.2) is 0 Å². The van der Waals surface area contributed by atoms with Crippen molar-refractivity contribution in [2.24, 2.45) is 0 Å². The largest absolute Gasteiger partial charge is 0.301 e. The van der Waals surface area contributed by atoms with Crippen molar-refractivity contribution in [3.63, 3.8) is 0 Å². The molecule has 0 radical (unpaired) electrons. The van der Waals surface area contributed by atoms with Crippen molar-refractivity contribution in [1.29, 1.82) is 0 Å². The van der Waals surface area contributed by atoms with Crippen LogP contribution in [0.3, 0.4) is 0 Å². The molecular formula is C97H73N3S4. The number of hydrogen-bond acceptors (Lipinski definition) is 7. The molecule has 18 rings (SSSR count). The van der Waals surface area contributed by atoms with Crippen LogP contribution in [-0.4, -0.2) is 0 Å². The lowest BCUT2D eigenvalue weighted by Gasteiger charge is -2.38. The summed E-state index contributed by atoms with van der Waals surface area (Å²) in [6, 6.07) is 134. The molecule has 7 heteroatoms. The van der Waals surface area contributed by atoms with Gasteiger partial charge in [0.1, 0.15) is 15.0 Å². The van der Waals surface area contributed by atoms with Gasteiger partial charge in [-0.3, -0.25) is 0 Å². The molecule has 0 fully saturated rings. The van der Waals surface area contributed by atoms with Gasteiger partial charge >= 0.3 is 0 Å². The Labute approximate surface area is 626 Å². The fraction of sp³-hybridized carbons (Fsp3) is 0.0722. The van der Waals surface area contributed by atoms with Crippen LogP contribution in [0.15, 0.2) is 364 Å². The SMILES string of the molecule is CC1(C)c2c(sc(C(c3ccccc3)c3ccccc3)c2-c2ccccc2)C(=C2c3sc(N(c4ccccc4)c4ccccc4)c(-c4ccccc4)c3C(C)(C)c3c2sc(N(c2ccccc2)c2ccccc2)c3-c2ccccc2)c2sc(N(c3ccccc3)c3ccccc3)c(-c3ccccc3)c21. The Morgan fingerprint density at radius 2 is 0.413 bits per heavy atom. The average molecular weight is 1410 g/mol. The van der Waals surface area contributed by atoms with Gasteiger partial charge in [0, 0.05) is 109 Å². The monoisotopic (exact) mass is 1410 g/mol. The molecule has 0 saturated heterocycles. The zero-order valence-electron chi connectivity index (χ0n) is 58.2. The molecular weight excluding hydrogens is 1340 g/mol. The van der Waals surface area contributed by atoms with E-state index in [2.05, 4.69) is 406 Å². The topological polar surface area (TPSA) is 9.72 Å². The van der Waals surface area contributed by atoms with Crippen molar-refractivity contribution >= 4 is 106 Å². The Kier molecular flexibility index (Phi) is 16.8. The standard InChI is InChI=1S/C97H73N3S4/c1-96(2)84-78(67-45-21-7-22-46-67)88(77(65-41-17-5-18-42-65)66-43-19-6-20-44-66)101-89(84)82(90-85(96)79(68-47-23-8-24-48-68)93(102-90)98(71-53-29-11-30-54-71)72-55-31-12-32-56-72)83-91-86(80(69-49-25-9-26-50-69)94(103-91)99(73-57-33-13-34-58-73)74-59-35-14-36-60-74)97(3,4)87-81(70-51-27-10-28-52-70)95(104-92(83)87)100(75-61-37-15-38-62-75)76-63-39-16-40-64-76/h5-64,77H,1-4H3. The van der Waals surface area contributed by atoms with Gasteiger partial charge in [0.2, 0.25) is 0 Å². The molecule has 0 saturated carbocycles. The van der Waals surface area contributed by atoms with E-state index in [4.69, 9.17) is 0 Å². The van der Waals surface area contributed by atoms with Crippen LogP contribution in [0.25, 0.3) is 55.7 Å². The summed E-state index contributed by atoms with van der Waals surface area (Å²) >= 11 is 7.90. The van der Waals surface area contributed by atoms with Crippen molar-refractivity contribution in [2.75, 3.05) is 14.7 Å². The van der Waals surface area contributed by atoms with E-state index >= 15 is 0 Å². The maximum atomic E-state index is 2.55. The minimum absolute atomic E-state index is 0.123. The van der Waals surface area contributed by atoms with Gasteiger partial charge in [-0.15, -0.1) is 45.3 Å². The first kappa shape index (κ1) is 64.7. The van der Waals surface area contributed by atoms with E-state index in [-0.39, 0.29) is 5.92 Å². The fourth-order valence-corrected chi connectivity index (χ4v) is 22.9. The average Bonchev–Trinajstić information content (AvgIpc) is 1.50. The van der Waals surface area contributed by atoms with E-state index in [1.54, 1.807) is 0 Å². The molecule has 12 aromatic carbocycles. The smallest absolute Gasteiger partial charge is 0.109 e. The molecule has 0 atom stereocenters. The van der Waals surface area contributed by atoms with Gasteiger partial charge in [-0.2, -0.15) is 0 Å². The maximum absolute atomic E-state index is 2.55. The molecule has 0 N–H and O–H groups in total. The lowest BCUT2D eigenvalue weighted by Crippen LogP contribution is -2.28. The lowest BCUT2D eigenvalue weighted by atomic mass is 9.65. The van der Waals surface area contributed by atoms with Gasteiger partial charge in [-0.1, -0.05) is 319 Å². The number of fused-ring (bicyclic) bond motifs is 4. The highest BCUT2D eigenvalue weighted by molar-refractivity contribution is 7.22. The Balaban J connectivity index is 1.10. The van der Waals surface area contributed by atoms with E-state index in [0.29, 0.717) is 0 Å². The van der Waals surface area contributed by atoms with Crippen molar-refractivity contribution in [3.8, 4) is 44.5 Å². The fourth-order valence-electron chi connectivity index (χ4n) is 16.3. The molecule has 500 valence electrons. The molecule has 2 aliphatic carbocycles. The molecule has 0 aliphatic heterocycles. The van der Waals surface area contributed by atoms with Crippen LogP contribution in [0.4, 0.5) is 49.1 Å². The molecule has 0 bridgehead atoms. The first-order chi connectivity index (χ1) is 51.2. The molecule has 4 heterocycles. The molecule has 16 aromatic rings. The van der Waals surface area contributed by atoms with E-state index in [0.717, 1.165) is 49.1 Å². The molecule has 4 aromatic heterocycles. The number of hydrogen-bond donors (Lipinski definition) is 0. The minimum Gasteiger partial charge on any atom is -0.301 e.